The van der Waals surface area contributed by atoms with Gasteiger partial charge in [0.1, 0.15) is 0 Å². The van der Waals surface area contributed by atoms with Crippen LogP contribution in [0, 0.1) is 5.41 Å². The number of carbonyl (C=O) groups excluding carboxylic acids is 1. The highest BCUT2D eigenvalue weighted by atomic mass is 35.5. The highest BCUT2D eigenvalue weighted by Gasteiger charge is 2.29. The molecule has 1 aromatic heterocycles. The molecule has 0 N–H and O–H groups in total. The number of carbonyl (C=O) groups is 1. The Morgan fingerprint density at radius 2 is 1.96 bits per heavy atom. The van der Waals surface area contributed by atoms with E-state index < -0.39 is 0 Å². The lowest BCUT2D eigenvalue weighted by Gasteiger charge is -2.37. The van der Waals surface area contributed by atoms with E-state index in [0.29, 0.717) is 23.3 Å². The molecule has 134 valence electrons. The van der Waals surface area contributed by atoms with Gasteiger partial charge >= 0.3 is 0 Å². The number of hydrogen-bond donors (Lipinski definition) is 0. The summed E-state index contributed by atoms with van der Waals surface area (Å²) in [5, 5.41) is 4.69. The first-order valence-corrected chi connectivity index (χ1v) is 8.81. The maximum absolute atomic E-state index is 12.3. The average molecular weight is 363 g/mol. The van der Waals surface area contributed by atoms with E-state index in [1.165, 1.54) is 0 Å². The molecule has 1 aromatic carbocycles. The van der Waals surface area contributed by atoms with Gasteiger partial charge in [0.2, 0.25) is 5.91 Å². The summed E-state index contributed by atoms with van der Waals surface area (Å²) in [6.45, 7) is 9.56. The first kappa shape index (κ1) is 17.9. The van der Waals surface area contributed by atoms with Crippen LogP contribution in [0.2, 0.25) is 5.02 Å². The van der Waals surface area contributed by atoms with Crippen molar-refractivity contribution in [2.45, 2.75) is 27.3 Å². The van der Waals surface area contributed by atoms with Crippen LogP contribution in [-0.2, 0) is 11.3 Å². The highest BCUT2D eigenvalue weighted by Crippen LogP contribution is 2.22. The van der Waals surface area contributed by atoms with Crippen LogP contribution in [0.4, 0.5) is 0 Å². The number of amides is 1. The van der Waals surface area contributed by atoms with Crippen molar-refractivity contribution in [1.29, 1.82) is 0 Å². The molecular weight excluding hydrogens is 340 g/mol. The summed E-state index contributed by atoms with van der Waals surface area (Å²) in [6, 6.07) is 7.35. The second-order valence-corrected chi connectivity index (χ2v) is 7.78. The molecule has 1 fully saturated rings. The van der Waals surface area contributed by atoms with Crippen molar-refractivity contribution in [3.8, 4) is 11.5 Å². The number of piperazine rings is 1. The quantitative estimate of drug-likeness (QED) is 0.839. The topological polar surface area (TPSA) is 62.5 Å². The van der Waals surface area contributed by atoms with E-state index in [1.807, 2.05) is 37.8 Å². The summed E-state index contributed by atoms with van der Waals surface area (Å²) < 4.78 is 5.34. The van der Waals surface area contributed by atoms with Crippen molar-refractivity contribution in [2.24, 2.45) is 5.41 Å². The van der Waals surface area contributed by atoms with Crippen LogP contribution in [0.3, 0.4) is 0 Å². The third-order valence-electron chi connectivity index (χ3n) is 4.21. The Balaban J connectivity index is 1.57. The predicted molar refractivity (Wildman–Crippen MR) is 96.1 cm³/mol. The summed E-state index contributed by atoms with van der Waals surface area (Å²) >= 11 is 6.00. The van der Waals surface area contributed by atoms with Crippen LogP contribution >= 0.6 is 11.6 Å². The molecule has 1 aliphatic rings. The van der Waals surface area contributed by atoms with Crippen LogP contribution in [-0.4, -0.2) is 52.0 Å². The lowest BCUT2D eigenvalue weighted by Crippen LogP contribution is -2.51. The zero-order valence-electron chi connectivity index (χ0n) is 14.8. The van der Waals surface area contributed by atoms with Crippen molar-refractivity contribution >= 4 is 17.5 Å². The SMILES string of the molecule is CC(C)(C)C(=O)N1CCN(Cc2noc(-c3cccc(Cl)c3)n2)CC1. The second kappa shape index (κ2) is 7.14. The first-order valence-electron chi connectivity index (χ1n) is 8.43. The van der Waals surface area contributed by atoms with Gasteiger partial charge in [-0.3, -0.25) is 9.69 Å². The molecule has 0 bridgehead atoms. The minimum atomic E-state index is -0.332. The molecule has 0 spiro atoms. The van der Waals surface area contributed by atoms with Gasteiger partial charge in [0.15, 0.2) is 5.82 Å². The van der Waals surface area contributed by atoms with Crippen molar-refractivity contribution in [3.63, 3.8) is 0 Å². The van der Waals surface area contributed by atoms with Gasteiger partial charge in [0, 0.05) is 42.2 Å². The van der Waals surface area contributed by atoms with Crippen molar-refractivity contribution < 1.29 is 9.32 Å². The van der Waals surface area contributed by atoms with E-state index in [0.717, 1.165) is 31.7 Å². The van der Waals surface area contributed by atoms with Crippen molar-refractivity contribution in [1.82, 2.24) is 19.9 Å². The highest BCUT2D eigenvalue weighted by molar-refractivity contribution is 6.30. The van der Waals surface area contributed by atoms with Gasteiger partial charge in [-0.1, -0.05) is 43.6 Å². The van der Waals surface area contributed by atoms with Crippen LogP contribution in [0.1, 0.15) is 26.6 Å². The Labute approximate surface area is 152 Å². The molecule has 2 heterocycles. The van der Waals surface area contributed by atoms with E-state index in [-0.39, 0.29) is 11.3 Å². The molecule has 1 saturated heterocycles. The fourth-order valence-electron chi connectivity index (χ4n) is 2.84. The van der Waals surface area contributed by atoms with E-state index in [4.69, 9.17) is 16.1 Å². The molecule has 2 aromatic rings. The summed E-state index contributed by atoms with van der Waals surface area (Å²) in [5.74, 6) is 1.32. The number of rotatable bonds is 3. The van der Waals surface area contributed by atoms with Crippen LogP contribution < -0.4 is 0 Å². The van der Waals surface area contributed by atoms with Crippen molar-refractivity contribution in [3.05, 3.63) is 35.1 Å². The van der Waals surface area contributed by atoms with Gasteiger partial charge in [0.25, 0.3) is 5.89 Å². The number of hydrogen-bond acceptors (Lipinski definition) is 5. The Morgan fingerprint density at radius 3 is 2.60 bits per heavy atom. The maximum atomic E-state index is 12.3. The van der Waals surface area contributed by atoms with Crippen LogP contribution in [0.5, 0.6) is 0 Å². The van der Waals surface area contributed by atoms with Crippen molar-refractivity contribution in [2.75, 3.05) is 26.2 Å². The lowest BCUT2D eigenvalue weighted by atomic mass is 9.94. The van der Waals surface area contributed by atoms with E-state index >= 15 is 0 Å². The van der Waals surface area contributed by atoms with Gasteiger partial charge in [-0.15, -0.1) is 0 Å². The predicted octanol–water partition coefficient (Wildman–Crippen LogP) is 3.08. The minimum absolute atomic E-state index is 0.204. The first-order chi connectivity index (χ1) is 11.8. The summed E-state index contributed by atoms with van der Waals surface area (Å²) in [5.41, 5.74) is 0.480. The Hall–Kier alpha value is -1.92. The molecule has 0 saturated carbocycles. The fraction of sp³-hybridized carbons (Fsp3) is 0.500. The van der Waals surface area contributed by atoms with Gasteiger partial charge < -0.3 is 9.42 Å². The van der Waals surface area contributed by atoms with Crippen LogP contribution in [0.25, 0.3) is 11.5 Å². The molecule has 1 aliphatic heterocycles. The molecule has 0 unspecified atom stereocenters. The third kappa shape index (κ3) is 4.38. The Bertz CT molecular complexity index is 746. The smallest absolute Gasteiger partial charge is 0.258 e. The van der Waals surface area contributed by atoms with E-state index in [1.54, 1.807) is 12.1 Å². The number of halogens is 1. The number of aromatic nitrogens is 2. The zero-order chi connectivity index (χ0) is 18.0. The number of benzene rings is 1. The molecule has 7 heteroatoms. The monoisotopic (exact) mass is 362 g/mol. The molecule has 3 rings (SSSR count). The normalized spacial score (nSPS) is 16.2. The molecule has 25 heavy (non-hydrogen) atoms. The molecule has 0 aliphatic carbocycles. The maximum Gasteiger partial charge on any atom is 0.258 e. The summed E-state index contributed by atoms with van der Waals surface area (Å²) in [4.78, 5) is 20.9. The zero-order valence-corrected chi connectivity index (χ0v) is 15.6. The molecule has 0 atom stereocenters. The molecule has 6 nitrogen and oxygen atoms in total. The molecular formula is C18H23ClN4O2. The molecule has 1 amide bonds. The Kier molecular flexibility index (Phi) is 5.11. The van der Waals surface area contributed by atoms with Gasteiger partial charge in [-0.05, 0) is 18.2 Å². The second-order valence-electron chi connectivity index (χ2n) is 7.34. The minimum Gasteiger partial charge on any atom is -0.340 e. The average Bonchev–Trinajstić information content (AvgIpc) is 3.03. The number of nitrogens with zero attached hydrogens (tertiary/aromatic N) is 4. The van der Waals surface area contributed by atoms with Gasteiger partial charge in [-0.25, -0.2) is 0 Å². The van der Waals surface area contributed by atoms with Gasteiger partial charge in [0.05, 0.1) is 6.54 Å². The fourth-order valence-corrected chi connectivity index (χ4v) is 3.03. The largest absolute Gasteiger partial charge is 0.340 e. The standard InChI is InChI=1S/C18H23ClN4O2/c1-18(2,3)17(24)23-9-7-22(8-10-23)12-15-20-16(25-21-15)13-5-4-6-14(19)11-13/h4-6,11H,7-10,12H2,1-3H3. The van der Waals surface area contributed by atoms with Gasteiger partial charge in [-0.2, -0.15) is 4.98 Å². The summed E-state index contributed by atoms with van der Waals surface area (Å²) in [6.07, 6.45) is 0. The molecule has 0 radical (unpaired) electrons. The van der Waals surface area contributed by atoms with E-state index in [2.05, 4.69) is 15.0 Å². The summed E-state index contributed by atoms with van der Waals surface area (Å²) in [7, 11) is 0. The van der Waals surface area contributed by atoms with E-state index in [9.17, 15) is 4.79 Å². The Morgan fingerprint density at radius 1 is 1.24 bits per heavy atom. The van der Waals surface area contributed by atoms with Crippen LogP contribution in [0.15, 0.2) is 28.8 Å². The third-order valence-corrected chi connectivity index (χ3v) is 4.44. The lowest BCUT2D eigenvalue weighted by molar-refractivity contribution is -0.141.